The summed E-state index contributed by atoms with van der Waals surface area (Å²) in [6.07, 6.45) is 0.121. The minimum atomic E-state index is -0.458. The van der Waals surface area contributed by atoms with Crippen molar-refractivity contribution in [2.75, 3.05) is 18.6 Å². The maximum Gasteiger partial charge on any atom is 0.311 e. The topological polar surface area (TPSA) is 66.8 Å². The summed E-state index contributed by atoms with van der Waals surface area (Å²) in [5.74, 6) is -1.13. The first-order valence-electron chi connectivity index (χ1n) is 5.39. The van der Waals surface area contributed by atoms with Gasteiger partial charge in [0.1, 0.15) is 5.75 Å². The molecule has 1 heterocycles. The van der Waals surface area contributed by atoms with E-state index in [2.05, 4.69) is 4.74 Å². The van der Waals surface area contributed by atoms with Crippen molar-refractivity contribution < 1.29 is 19.4 Å². The first kappa shape index (κ1) is 12.7. The molecule has 0 radical (unpaired) electrons. The van der Waals surface area contributed by atoms with Crippen LogP contribution in [0.5, 0.6) is 5.75 Å². The fourth-order valence-electron chi connectivity index (χ4n) is 1.95. The lowest BCUT2D eigenvalue weighted by molar-refractivity contribution is -0.145. The van der Waals surface area contributed by atoms with E-state index in [9.17, 15) is 14.7 Å². The molecule has 0 aromatic heterocycles. The lowest BCUT2D eigenvalue weighted by Crippen LogP contribution is -2.26. The average molecular weight is 270 g/mol. The molecular weight excluding hydrogens is 258 g/mol. The van der Waals surface area contributed by atoms with Crippen molar-refractivity contribution in [2.45, 2.75) is 6.42 Å². The Hall–Kier alpha value is -1.75. The lowest BCUT2D eigenvalue weighted by atomic mass is 10.1. The number of phenols is 1. The van der Waals surface area contributed by atoms with Crippen molar-refractivity contribution in [3.63, 3.8) is 0 Å². The van der Waals surface area contributed by atoms with Gasteiger partial charge in [0, 0.05) is 24.7 Å². The van der Waals surface area contributed by atoms with Gasteiger partial charge in [-0.25, -0.2) is 0 Å². The fraction of sp³-hybridized carbons (Fsp3) is 0.333. The molecule has 0 saturated carbocycles. The minimum Gasteiger partial charge on any atom is -0.506 e. The van der Waals surface area contributed by atoms with E-state index in [4.69, 9.17) is 11.6 Å². The summed E-state index contributed by atoms with van der Waals surface area (Å²) in [4.78, 5) is 24.6. The Kier molecular flexibility index (Phi) is 3.43. The molecule has 6 heteroatoms. The first-order valence-corrected chi connectivity index (χ1v) is 5.77. The number of carbonyl (C=O) groups is 2. The highest BCUT2D eigenvalue weighted by atomic mass is 35.5. The zero-order valence-corrected chi connectivity index (χ0v) is 10.5. The van der Waals surface area contributed by atoms with E-state index in [0.717, 1.165) is 0 Å². The van der Waals surface area contributed by atoms with Gasteiger partial charge in [0.05, 0.1) is 18.1 Å². The minimum absolute atomic E-state index is 0.0940. The van der Waals surface area contributed by atoms with Gasteiger partial charge in [0.15, 0.2) is 0 Å². The summed E-state index contributed by atoms with van der Waals surface area (Å²) in [7, 11) is 1.30. The van der Waals surface area contributed by atoms with Crippen LogP contribution in [0.4, 0.5) is 5.69 Å². The predicted octanol–water partition coefficient (Wildman–Crippen LogP) is 1.57. The van der Waals surface area contributed by atoms with Crippen LogP contribution in [-0.2, 0) is 14.3 Å². The Morgan fingerprint density at radius 1 is 1.56 bits per heavy atom. The quantitative estimate of drug-likeness (QED) is 0.828. The number of halogens is 1. The number of methoxy groups -OCH3 is 1. The molecule has 0 spiro atoms. The van der Waals surface area contributed by atoms with Crippen LogP contribution in [0, 0.1) is 5.92 Å². The molecule has 1 aromatic rings. The van der Waals surface area contributed by atoms with Gasteiger partial charge in [0.25, 0.3) is 0 Å². The number of nitrogens with zero attached hydrogens (tertiary/aromatic N) is 1. The zero-order chi connectivity index (χ0) is 13.3. The second-order valence-corrected chi connectivity index (χ2v) is 4.47. The second kappa shape index (κ2) is 4.86. The Bertz CT molecular complexity index is 503. The molecule has 1 amide bonds. The van der Waals surface area contributed by atoms with E-state index in [-0.39, 0.29) is 29.6 Å². The molecule has 1 unspecified atom stereocenters. The van der Waals surface area contributed by atoms with Gasteiger partial charge in [-0.1, -0.05) is 11.6 Å². The van der Waals surface area contributed by atoms with E-state index in [0.29, 0.717) is 5.69 Å². The number of ether oxygens (including phenoxy) is 1. The Labute approximate surface area is 109 Å². The van der Waals surface area contributed by atoms with Gasteiger partial charge >= 0.3 is 5.97 Å². The van der Waals surface area contributed by atoms with Gasteiger partial charge in [-0.3, -0.25) is 9.59 Å². The van der Waals surface area contributed by atoms with E-state index in [1.807, 2.05) is 0 Å². The van der Waals surface area contributed by atoms with Crippen LogP contribution in [0.3, 0.4) is 0 Å². The number of esters is 1. The van der Waals surface area contributed by atoms with Crippen LogP contribution >= 0.6 is 11.6 Å². The summed E-state index contributed by atoms with van der Waals surface area (Å²) < 4.78 is 4.62. The van der Waals surface area contributed by atoms with Gasteiger partial charge in [0.2, 0.25) is 5.91 Å². The number of amides is 1. The van der Waals surface area contributed by atoms with Crippen molar-refractivity contribution in [1.29, 1.82) is 0 Å². The van der Waals surface area contributed by atoms with Crippen LogP contribution in [0.2, 0.25) is 5.02 Å². The van der Waals surface area contributed by atoms with Gasteiger partial charge in [-0.05, 0) is 12.1 Å². The SMILES string of the molecule is COC(=O)C1CC(=O)N(c2ccc(Cl)c(O)c2)C1. The van der Waals surface area contributed by atoms with Gasteiger partial charge in [-0.2, -0.15) is 0 Å². The molecule has 1 aliphatic rings. The van der Waals surface area contributed by atoms with E-state index >= 15 is 0 Å². The van der Waals surface area contributed by atoms with Crippen molar-refractivity contribution in [2.24, 2.45) is 5.92 Å². The highest BCUT2D eigenvalue weighted by Gasteiger charge is 2.35. The Balaban J connectivity index is 2.21. The number of carbonyl (C=O) groups excluding carboxylic acids is 2. The molecule has 0 aliphatic carbocycles. The molecule has 2 rings (SSSR count). The van der Waals surface area contributed by atoms with Crippen molar-refractivity contribution in [1.82, 2.24) is 0 Å². The highest BCUT2D eigenvalue weighted by Crippen LogP contribution is 2.31. The molecule has 0 bridgehead atoms. The van der Waals surface area contributed by atoms with E-state index in [1.54, 1.807) is 6.07 Å². The number of aromatic hydroxyl groups is 1. The smallest absolute Gasteiger partial charge is 0.311 e. The van der Waals surface area contributed by atoms with Gasteiger partial charge in [-0.15, -0.1) is 0 Å². The van der Waals surface area contributed by atoms with Crippen molar-refractivity contribution >= 4 is 29.2 Å². The third kappa shape index (κ3) is 2.26. The van der Waals surface area contributed by atoms with Crippen molar-refractivity contribution in [3.8, 4) is 5.75 Å². The molecule has 96 valence electrons. The normalized spacial score (nSPS) is 19.1. The monoisotopic (exact) mass is 269 g/mol. The number of hydrogen-bond acceptors (Lipinski definition) is 4. The molecule has 1 fully saturated rings. The number of benzene rings is 1. The summed E-state index contributed by atoms with van der Waals surface area (Å²) in [6.45, 7) is 0.257. The number of anilines is 1. The standard InChI is InChI=1S/C12H12ClNO4/c1-18-12(17)7-4-11(16)14(6-7)8-2-3-9(13)10(15)5-8/h2-3,5,7,15H,4,6H2,1H3. The summed E-state index contributed by atoms with van der Waals surface area (Å²) >= 11 is 5.70. The van der Waals surface area contributed by atoms with E-state index in [1.165, 1.54) is 24.1 Å². The maximum absolute atomic E-state index is 11.8. The Morgan fingerprint density at radius 2 is 2.28 bits per heavy atom. The van der Waals surface area contributed by atoms with Crippen LogP contribution in [0.15, 0.2) is 18.2 Å². The third-order valence-corrected chi connectivity index (χ3v) is 3.22. The summed E-state index contributed by atoms with van der Waals surface area (Å²) in [5.41, 5.74) is 0.522. The predicted molar refractivity (Wildman–Crippen MR) is 65.6 cm³/mol. The van der Waals surface area contributed by atoms with Crippen LogP contribution in [0.25, 0.3) is 0 Å². The summed E-state index contributed by atoms with van der Waals surface area (Å²) in [6, 6.07) is 4.53. The van der Waals surface area contributed by atoms with Crippen LogP contribution < -0.4 is 4.90 Å². The fourth-order valence-corrected chi connectivity index (χ4v) is 2.07. The number of hydrogen-bond donors (Lipinski definition) is 1. The lowest BCUT2D eigenvalue weighted by Gasteiger charge is -2.16. The average Bonchev–Trinajstić information content (AvgIpc) is 2.74. The molecule has 18 heavy (non-hydrogen) atoms. The highest BCUT2D eigenvalue weighted by molar-refractivity contribution is 6.32. The van der Waals surface area contributed by atoms with E-state index < -0.39 is 11.9 Å². The number of rotatable bonds is 2. The largest absolute Gasteiger partial charge is 0.506 e. The first-order chi connectivity index (χ1) is 8.52. The molecule has 1 aliphatic heterocycles. The number of phenolic OH excluding ortho intramolecular Hbond substituents is 1. The Morgan fingerprint density at radius 3 is 2.89 bits per heavy atom. The van der Waals surface area contributed by atoms with Crippen molar-refractivity contribution in [3.05, 3.63) is 23.2 Å². The maximum atomic E-state index is 11.8. The summed E-state index contributed by atoms with van der Waals surface area (Å²) in [5, 5.41) is 9.72. The van der Waals surface area contributed by atoms with Gasteiger partial charge < -0.3 is 14.7 Å². The van der Waals surface area contributed by atoms with Crippen LogP contribution in [0.1, 0.15) is 6.42 Å². The molecule has 1 N–H and O–H groups in total. The molecular formula is C12H12ClNO4. The molecule has 5 nitrogen and oxygen atoms in total. The molecule has 1 aromatic carbocycles. The third-order valence-electron chi connectivity index (χ3n) is 2.90. The zero-order valence-electron chi connectivity index (χ0n) is 9.72. The van der Waals surface area contributed by atoms with Crippen LogP contribution in [-0.4, -0.2) is 30.6 Å². The molecule has 1 saturated heterocycles. The second-order valence-electron chi connectivity index (χ2n) is 4.06. The molecule has 1 atom stereocenters.